The maximum absolute atomic E-state index is 11.5. The summed E-state index contributed by atoms with van der Waals surface area (Å²) < 4.78 is 28.3. The van der Waals surface area contributed by atoms with Crippen LogP contribution in [0.2, 0.25) is 0 Å². The maximum atomic E-state index is 11.5. The summed E-state index contributed by atoms with van der Waals surface area (Å²) >= 11 is 0. The minimum absolute atomic E-state index is 0.0573. The van der Waals surface area contributed by atoms with E-state index in [4.69, 9.17) is 9.88 Å². The van der Waals surface area contributed by atoms with Crippen molar-refractivity contribution in [2.24, 2.45) is 5.14 Å². The lowest BCUT2D eigenvalue weighted by Crippen LogP contribution is -2.31. The van der Waals surface area contributed by atoms with Gasteiger partial charge in [0.25, 0.3) is 0 Å². The number of benzene rings is 1. The summed E-state index contributed by atoms with van der Waals surface area (Å²) in [5.41, 5.74) is 0.763. The molecule has 0 atom stereocenters. The Hall–Kier alpha value is -1.60. The van der Waals surface area contributed by atoms with Gasteiger partial charge in [-0.1, -0.05) is 6.07 Å². The average Bonchev–Trinajstić information content (AvgIpc) is 2.28. The van der Waals surface area contributed by atoms with Gasteiger partial charge in [-0.05, 0) is 38.5 Å². The zero-order chi connectivity index (χ0) is 15.3. The molecule has 0 aliphatic rings. The number of nitrogens with one attached hydrogen (secondary N) is 1. The Morgan fingerprint density at radius 1 is 1.40 bits per heavy atom. The van der Waals surface area contributed by atoms with Crippen molar-refractivity contribution in [2.75, 3.05) is 6.61 Å². The fourth-order valence-electron chi connectivity index (χ4n) is 1.60. The smallest absolute Gasteiger partial charge is 0.241 e. The van der Waals surface area contributed by atoms with E-state index >= 15 is 0 Å². The molecule has 0 unspecified atom stereocenters. The van der Waals surface area contributed by atoms with Crippen molar-refractivity contribution in [3.8, 4) is 5.75 Å². The summed E-state index contributed by atoms with van der Waals surface area (Å²) in [6, 6.07) is 4.76. The quantitative estimate of drug-likeness (QED) is 0.816. The SMILES string of the molecule is Cc1ccc(OCCC(=O)NC(C)C)c(S(N)(=O)=O)c1. The van der Waals surface area contributed by atoms with Crippen molar-refractivity contribution in [1.29, 1.82) is 0 Å². The zero-order valence-corrected chi connectivity index (χ0v) is 12.7. The molecule has 3 N–H and O–H groups in total. The molecule has 6 nitrogen and oxygen atoms in total. The van der Waals surface area contributed by atoms with E-state index < -0.39 is 10.0 Å². The highest BCUT2D eigenvalue weighted by atomic mass is 32.2. The van der Waals surface area contributed by atoms with Gasteiger partial charge in [0, 0.05) is 6.04 Å². The number of amides is 1. The summed E-state index contributed by atoms with van der Waals surface area (Å²) in [7, 11) is -3.85. The molecule has 0 bridgehead atoms. The van der Waals surface area contributed by atoms with E-state index in [1.165, 1.54) is 12.1 Å². The average molecular weight is 300 g/mol. The summed E-state index contributed by atoms with van der Waals surface area (Å²) in [5.74, 6) is 0.0136. The van der Waals surface area contributed by atoms with Crippen LogP contribution in [0.1, 0.15) is 25.8 Å². The predicted molar refractivity (Wildman–Crippen MR) is 75.9 cm³/mol. The van der Waals surface area contributed by atoms with Crippen LogP contribution in [0, 0.1) is 6.92 Å². The van der Waals surface area contributed by atoms with Gasteiger partial charge in [-0.25, -0.2) is 13.6 Å². The minimum Gasteiger partial charge on any atom is -0.492 e. The highest BCUT2D eigenvalue weighted by molar-refractivity contribution is 7.89. The molecule has 0 radical (unpaired) electrons. The van der Waals surface area contributed by atoms with Gasteiger partial charge < -0.3 is 10.1 Å². The topological polar surface area (TPSA) is 98.5 Å². The standard InChI is InChI=1S/C13H20N2O4S/c1-9(2)15-13(16)6-7-19-11-5-4-10(3)8-12(11)20(14,17)18/h4-5,8-9H,6-7H2,1-3H3,(H,15,16)(H2,14,17,18). The van der Waals surface area contributed by atoms with Gasteiger partial charge >= 0.3 is 0 Å². The van der Waals surface area contributed by atoms with Gasteiger partial charge in [0.2, 0.25) is 15.9 Å². The third-order valence-electron chi connectivity index (χ3n) is 2.44. The van der Waals surface area contributed by atoms with Crippen molar-refractivity contribution in [1.82, 2.24) is 5.32 Å². The third-order valence-corrected chi connectivity index (χ3v) is 3.37. The van der Waals surface area contributed by atoms with E-state index in [9.17, 15) is 13.2 Å². The normalized spacial score (nSPS) is 11.4. The number of primary sulfonamides is 1. The molecule has 1 aromatic rings. The van der Waals surface area contributed by atoms with E-state index in [1.807, 2.05) is 13.8 Å². The molecule has 0 aliphatic carbocycles. The number of carbonyl (C=O) groups is 1. The molecule has 0 aliphatic heterocycles. The van der Waals surface area contributed by atoms with Crippen LogP contribution in [0.3, 0.4) is 0 Å². The van der Waals surface area contributed by atoms with E-state index in [-0.39, 0.29) is 35.6 Å². The molecule has 0 aromatic heterocycles. The second kappa shape index (κ2) is 6.71. The number of aryl methyl sites for hydroxylation is 1. The summed E-state index contributed by atoms with van der Waals surface area (Å²) in [6.45, 7) is 5.56. The molecule has 7 heteroatoms. The lowest BCUT2D eigenvalue weighted by Gasteiger charge is -2.12. The van der Waals surface area contributed by atoms with Crippen LogP contribution >= 0.6 is 0 Å². The fourth-order valence-corrected chi connectivity index (χ4v) is 2.36. The number of ether oxygens (including phenoxy) is 1. The first kappa shape index (κ1) is 16.5. The van der Waals surface area contributed by atoms with Crippen LogP contribution < -0.4 is 15.2 Å². The first-order valence-corrected chi connectivity index (χ1v) is 7.80. The largest absolute Gasteiger partial charge is 0.492 e. The van der Waals surface area contributed by atoms with E-state index in [0.29, 0.717) is 0 Å². The van der Waals surface area contributed by atoms with E-state index in [0.717, 1.165) is 5.56 Å². The van der Waals surface area contributed by atoms with Crippen LogP contribution in [-0.2, 0) is 14.8 Å². The Balaban J connectivity index is 2.72. The molecule has 0 heterocycles. The van der Waals surface area contributed by atoms with Gasteiger partial charge in [-0.3, -0.25) is 4.79 Å². The predicted octanol–water partition coefficient (Wildman–Crippen LogP) is 0.936. The lowest BCUT2D eigenvalue weighted by molar-refractivity contribution is -0.122. The molecule has 0 saturated carbocycles. The number of hydrogen-bond donors (Lipinski definition) is 2. The van der Waals surface area contributed by atoms with Crippen LogP contribution in [-0.4, -0.2) is 27.0 Å². The molecule has 1 rings (SSSR count). The van der Waals surface area contributed by atoms with Gasteiger partial charge in [0.05, 0.1) is 13.0 Å². The second-order valence-electron chi connectivity index (χ2n) is 4.82. The molecular weight excluding hydrogens is 280 g/mol. The first-order chi connectivity index (χ1) is 9.20. The monoisotopic (exact) mass is 300 g/mol. The molecule has 0 saturated heterocycles. The molecule has 20 heavy (non-hydrogen) atoms. The first-order valence-electron chi connectivity index (χ1n) is 6.26. The van der Waals surface area contributed by atoms with Crippen molar-refractivity contribution in [3.63, 3.8) is 0 Å². The van der Waals surface area contributed by atoms with Crippen molar-refractivity contribution >= 4 is 15.9 Å². The molecule has 0 spiro atoms. The summed E-state index contributed by atoms with van der Waals surface area (Å²) in [4.78, 5) is 11.4. The third kappa shape index (κ3) is 5.18. The minimum atomic E-state index is -3.85. The van der Waals surface area contributed by atoms with Gasteiger partial charge in [0.15, 0.2) is 0 Å². The summed E-state index contributed by atoms with van der Waals surface area (Å²) in [5, 5.41) is 7.86. The number of sulfonamides is 1. The Morgan fingerprint density at radius 2 is 2.05 bits per heavy atom. The van der Waals surface area contributed by atoms with E-state index in [1.54, 1.807) is 13.0 Å². The molecule has 1 amide bonds. The van der Waals surface area contributed by atoms with E-state index in [2.05, 4.69) is 5.32 Å². The number of nitrogens with two attached hydrogens (primary N) is 1. The maximum Gasteiger partial charge on any atom is 0.241 e. The van der Waals surface area contributed by atoms with Gasteiger partial charge in [0.1, 0.15) is 10.6 Å². The Bertz CT molecular complexity index is 582. The second-order valence-corrected chi connectivity index (χ2v) is 6.35. The van der Waals surface area contributed by atoms with Gasteiger partial charge in [-0.15, -0.1) is 0 Å². The van der Waals surface area contributed by atoms with Crippen molar-refractivity contribution < 1.29 is 17.9 Å². The molecule has 1 aromatic carbocycles. The van der Waals surface area contributed by atoms with Crippen molar-refractivity contribution in [2.45, 2.75) is 38.1 Å². The van der Waals surface area contributed by atoms with Crippen LogP contribution in [0.25, 0.3) is 0 Å². The Kier molecular flexibility index (Phi) is 5.52. The molecular formula is C13H20N2O4S. The Labute approximate surface area is 119 Å². The highest BCUT2D eigenvalue weighted by Crippen LogP contribution is 2.23. The highest BCUT2D eigenvalue weighted by Gasteiger charge is 2.15. The van der Waals surface area contributed by atoms with Crippen LogP contribution in [0.4, 0.5) is 0 Å². The molecule has 112 valence electrons. The number of carbonyl (C=O) groups excluding carboxylic acids is 1. The number of hydrogen-bond acceptors (Lipinski definition) is 4. The Morgan fingerprint density at radius 3 is 2.60 bits per heavy atom. The van der Waals surface area contributed by atoms with Crippen LogP contribution in [0.15, 0.2) is 23.1 Å². The van der Waals surface area contributed by atoms with Gasteiger partial charge in [-0.2, -0.15) is 0 Å². The lowest BCUT2D eigenvalue weighted by atomic mass is 10.2. The fraction of sp³-hybridized carbons (Fsp3) is 0.462. The summed E-state index contributed by atoms with van der Waals surface area (Å²) in [6.07, 6.45) is 0.149. The van der Waals surface area contributed by atoms with Crippen LogP contribution in [0.5, 0.6) is 5.75 Å². The zero-order valence-electron chi connectivity index (χ0n) is 11.8. The van der Waals surface area contributed by atoms with Crippen molar-refractivity contribution in [3.05, 3.63) is 23.8 Å². The molecule has 0 fully saturated rings. The number of rotatable bonds is 6.